The molecule has 8 heteroatoms. The van der Waals surface area contributed by atoms with Crippen LogP contribution >= 0.6 is 0 Å². The number of morpholine rings is 1. The number of amides is 1. The van der Waals surface area contributed by atoms with Crippen molar-refractivity contribution < 1.29 is 14.6 Å². The molecule has 0 bridgehead atoms. The van der Waals surface area contributed by atoms with Crippen LogP contribution in [0, 0.1) is 6.92 Å². The predicted octanol–water partition coefficient (Wildman–Crippen LogP) is 2.57. The van der Waals surface area contributed by atoms with E-state index >= 15 is 0 Å². The molecule has 1 aromatic heterocycles. The van der Waals surface area contributed by atoms with Gasteiger partial charge in [-0.05, 0) is 67.4 Å². The van der Waals surface area contributed by atoms with E-state index in [1.54, 1.807) is 55.5 Å². The third kappa shape index (κ3) is 5.85. The van der Waals surface area contributed by atoms with Crippen LogP contribution in [0.25, 0.3) is 22.5 Å². The van der Waals surface area contributed by atoms with Crippen LogP contribution in [0.2, 0.25) is 0 Å². The zero-order chi connectivity index (χ0) is 23.2. The zero-order valence-corrected chi connectivity index (χ0v) is 18.6. The van der Waals surface area contributed by atoms with Crippen LogP contribution in [0.15, 0.2) is 53.3 Å². The number of nitrogens with zero attached hydrogens (tertiary/aromatic N) is 2. The minimum atomic E-state index is -0.463. The van der Waals surface area contributed by atoms with Crippen LogP contribution in [-0.2, 0) is 4.74 Å². The molecular weight excluding hydrogens is 420 g/mol. The van der Waals surface area contributed by atoms with Gasteiger partial charge in [0.1, 0.15) is 5.75 Å². The molecule has 1 amide bonds. The van der Waals surface area contributed by atoms with E-state index in [-0.39, 0.29) is 11.7 Å². The van der Waals surface area contributed by atoms with Crippen LogP contribution in [0.1, 0.15) is 22.3 Å². The summed E-state index contributed by atoms with van der Waals surface area (Å²) in [7, 11) is 0. The van der Waals surface area contributed by atoms with Crippen LogP contribution < -0.4 is 11.0 Å². The number of H-pyrrole nitrogens is 1. The fraction of sp³-hybridized carbons (Fsp3) is 0.320. The van der Waals surface area contributed by atoms with Gasteiger partial charge in [0.05, 0.1) is 24.6 Å². The number of carbonyl (C=O) groups is 1. The van der Waals surface area contributed by atoms with E-state index in [4.69, 9.17) is 4.74 Å². The molecule has 3 N–H and O–H groups in total. The Bertz CT molecular complexity index is 1170. The SMILES string of the molecule is Cc1cc(-c2cc(-c3ccc(C(=O)NCCCN4CCOCC4)cc3)[nH]c(=O)n2)ccc1O. The van der Waals surface area contributed by atoms with Crippen molar-refractivity contribution in [3.05, 3.63) is 70.1 Å². The fourth-order valence-electron chi connectivity index (χ4n) is 3.81. The molecule has 0 spiro atoms. The van der Waals surface area contributed by atoms with Gasteiger partial charge < -0.3 is 20.1 Å². The highest BCUT2D eigenvalue weighted by Crippen LogP contribution is 2.26. The van der Waals surface area contributed by atoms with Gasteiger partial charge in [0.2, 0.25) is 0 Å². The summed E-state index contributed by atoms with van der Waals surface area (Å²) in [6, 6.07) is 14.0. The molecule has 1 saturated heterocycles. The first-order valence-corrected chi connectivity index (χ1v) is 11.1. The lowest BCUT2D eigenvalue weighted by Crippen LogP contribution is -2.38. The first-order valence-electron chi connectivity index (χ1n) is 11.1. The van der Waals surface area contributed by atoms with Crippen molar-refractivity contribution in [3.8, 4) is 28.3 Å². The maximum Gasteiger partial charge on any atom is 0.345 e. The number of carbonyl (C=O) groups excluding carboxylic acids is 1. The number of aromatic hydroxyl groups is 1. The molecule has 1 aliphatic rings. The van der Waals surface area contributed by atoms with Gasteiger partial charge in [-0.1, -0.05) is 12.1 Å². The molecule has 1 aliphatic heterocycles. The molecule has 33 heavy (non-hydrogen) atoms. The van der Waals surface area contributed by atoms with Gasteiger partial charge in [0, 0.05) is 30.8 Å². The second-order valence-electron chi connectivity index (χ2n) is 8.13. The molecule has 0 atom stereocenters. The first-order chi connectivity index (χ1) is 16.0. The average Bonchev–Trinajstić information content (AvgIpc) is 2.84. The molecule has 0 aliphatic carbocycles. The lowest BCUT2D eigenvalue weighted by atomic mass is 10.0. The van der Waals surface area contributed by atoms with Crippen molar-refractivity contribution in [3.63, 3.8) is 0 Å². The van der Waals surface area contributed by atoms with E-state index in [1.165, 1.54) is 0 Å². The van der Waals surface area contributed by atoms with Crippen molar-refractivity contribution in [1.29, 1.82) is 0 Å². The number of rotatable bonds is 7. The average molecular weight is 449 g/mol. The van der Waals surface area contributed by atoms with Crippen LogP contribution in [0.5, 0.6) is 5.75 Å². The van der Waals surface area contributed by atoms with E-state index in [1.807, 2.05) is 0 Å². The lowest BCUT2D eigenvalue weighted by molar-refractivity contribution is 0.0374. The molecule has 8 nitrogen and oxygen atoms in total. The molecule has 3 aromatic rings. The largest absolute Gasteiger partial charge is 0.508 e. The first kappa shape index (κ1) is 22.7. The third-order valence-electron chi connectivity index (χ3n) is 5.74. The molecular formula is C25H28N4O4. The van der Waals surface area contributed by atoms with E-state index in [0.29, 0.717) is 29.1 Å². The summed E-state index contributed by atoms with van der Waals surface area (Å²) in [5, 5.41) is 12.7. The zero-order valence-electron chi connectivity index (χ0n) is 18.6. The summed E-state index contributed by atoms with van der Waals surface area (Å²) in [5.74, 6) is 0.0748. The molecule has 2 aromatic carbocycles. The molecule has 172 valence electrons. The monoisotopic (exact) mass is 448 g/mol. The Labute approximate surface area is 192 Å². The summed E-state index contributed by atoms with van der Waals surface area (Å²) < 4.78 is 5.34. The van der Waals surface area contributed by atoms with Crippen molar-refractivity contribution in [2.45, 2.75) is 13.3 Å². The maximum absolute atomic E-state index is 12.5. The van der Waals surface area contributed by atoms with Crippen molar-refractivity contribution in [2.24, 2.45) is 0 Å². The Morgan fingerprint density at radius 2 is 1.85 bits per heavy atom. The Hall–Kier alpha value is -3.49. The lowest BCUT2D eigenvalue weighted by Gasteiger charge is -2.26. The van der Waals surface area contributed by atoms with Gasteiger partial charge in [0.25, 0.3) is 5.91 Å². The van der Waals surface area contributed by atoms with E-state index in [9.17, 15) is 14.7 Å². The summed E-state index contributed by atoms with van der Waals surface area (Å²) in [4.78, 5) is 33.8. The third-order valence-corrected chi connectivity index (χ3v) is 5.74. The van der Waals surface area contributed by atoms with Crippen LogP contribution in [0.3, 0.4) is 0 Å². The number of ether oxygens (including phenoxy) is 1. The normalized spacial score (nSPS) is 14.2. The van der Waals surface area contributed by atoms with Crippen molar-refractivity contribution in [1.82, 2.24) is 20.2 Å². The topological polar surface area (TPSA) is 108 Å². The van der Waals surface area contributed by atoms with Crippen molar-refractivity contribution in [2.75, 3.05) is 39.4 Å². The Morgan fingerprint density at radius 3 is 2.58 bits per heavy atom. The number of aromatic amines is 1. The number of hydrogen-bond acceptors (Lipinski definition) is 6. The number of hydrogen-bond donors (Lipinski definition) is 3. The Balaban J connectivity index is 1.40. The van der Waals surface area contributed by atoms with E-state index in [2.05, 4.69) is 20.2 Å². The second-order valence-corrected chi connectivity index (χ2v) is 8.13. The van der Waals surface area contributed by atoms with Gasteiger partial charge in [-0.25, -0.2) is 4.79 Å². The summed E-state index contributed by atoms with van der Waals surface area (Å²) >= 11 is 0. The van der Waals surface area contributed by atoms with Gasteiger partial charge >= 0.3 is 5.69 Å². The fourth-order valence-corrected chi connectivity index (χ4v) is 3.81. The van der Waals surface area contributed by atoms with E-state index in [0.717, 1.165) is 50.4 Å². The maximum atomic E-state index is 12.5. The van der Waals surface area contributed by atoms with Gasteiger partial charge in [-0.2, -0.15) is 4.98 Å². The molecule has 0 unspecified atom stereocenters. The quantitative estimate of drug-likeness (QED) is 0.480. The highest BCUT2D eigenvalue weighted by molar-refractivity contribution is 5.94. The highest BCUT2D eigenvalue weighted by Gasteiger charge is 2.11. The second kappa shape index (κ2) is 10.4. The Kier molecular flexibility index (Phi) is 7.16. The number of aryl methyl sites for hydroxylation is 1. The molecule has 0 saturated carbocycles. The van der Waals surface area contributed by atoms with Gasteiger partial charge in [-0.3, -0.25) is 9.69 Å². The number of phenols is 1. The van der Waals surface area contributed by atoms with Crippen LogP contribution in [-0.4, -0.2) is 65.3 Å². The number of benzene rings is 2. The summed E-state index contributed by atoms with van der Waals surface area (Å²) in [6.07, 6.45) is 0.890. The van der Waals surface area contributed by atoms with Crippen LogP contribution in [0.4, 0.5) is 0 Å². The molecule has 1 fully saturated rings. The molecule has 4 rings (SSSR count). The van der Waals surface area contributed by atoms with Gasteiger partial charge in [-0.15, -0.1) is 0 Å². The molecule has 2 heterocycles. The smallest absolute Gasteiger partial charge is 0.345 e. The standard InChI is InChI=1S/C25H28N4O4/c1-17-15-20(7-8-23(17)30)22-16-21(27-25(32)28-22)18-3-5-19(6-4-18)24(31)26-9-2-10-29-11-13-33-14-12-29/h3-8,15-16,30H,2,9-14H2,1H3,(H,26,31)(H,27,28,32). The number of phenolic OH excluding ortho intramolecular Hbond substituents is 1. The van der Waals surface area contributed by atoms with Crippen molar-refractivity contribution >= 4 is 5.91 Å². The number of nitrogens with one attached hydrogen (secondary N) is 2. The minimum Gasteiger partial charge on any atom is -0.508 e. The summed E-state index contributed by atoms with van der Waals surface area (Å²) in [6.45, 7) is 6.79. The highest BCUT2D eigenvalue weighted by atomic mass is 16.5. The Morgan fingerprint density at radius 1 is 1.12 bits per heavy atom. The minimum absolute atomic E-state index is 0.119. The van der Waals surface area contributed by atoms with Gasteiger partial charge in [0.15, 0.2) is 0 Å². The summed E-state index contributed by atoms with van der Waals surface area (Å²) in [5.41, 5.74) is 3.44. The number of aromatic nitrogens is 2. The van der Waals surface area contributed by atoms with E-state index < -0.39 is 5.69 Å². The predicted molar refractivity (Wildman–Crippen MR) is 126 cm³/mol. The molecule has 0 radical (unpaired) electrons.